The molecule has 2 heteroatoms. The zero-order valence-electron chi connectivity index (χ0n) is 11.8. The fourth-order valence-corrected chi connectivity index (χ4v) is 2.43. The number of allylic oxidation sites excluding steroid dienone is 2. The van der Waals surface area contributed by atoms with Gasteiger partial charge in [-0.05, 0) is 52.6 Å². The van der Waals surface area contributed by atoms with E-state index in [4.69, 9.17) is 5.73 Å². The molecule has 0 saturated carbocycles. The Morgan fingerprint density at radius 2 is 1.70 bits per heavy atom. The Hall–Kier alpha value is -2.48. The minimum atomic E-state index is 0.810. The molecular formula is C18H18N2. The van der Waals surface area contributed by atoms with E-state index < -0.39 is 0 Å². The van der Waals surface area contributed by atoms with Gasteiger partial charge in [-0.2, -0.15) is 0 Å². The SMILES string of the molecule is CN(C)c1ccc(/C=C2/C=Cc3cc(N)ccc32)cc1. The highest BCUT2D eigenvalue weighted by atomic mass is 15.1. The quantitative estimate of drug-likeness (QED) is 0.832. The van der Waals surface area contributed by atoms with Crippen LogP contribution < -0.4 is 10.6 Å². The Morgan fingerprint density at radius 1 is 0.950 bits per heavy atom. The first-order valence-electron chi connectivity index (χ1n) is 6.70. The third-order valence-corrected chi connectivity index (χ3v) is 3.56. The maximum atomic E-state index is 5.82. The van der Waals surface area contributed by atoms with E-state index in [0.717, 1.165) is 5.69 Å². The van der Waals surface area contributed by atoms with Crippen molar-refractivity contribution < 1.29 is 0 Å². The third-order valence-electron chi connectivity index (χ3n) is 3.56. The second-order valence-electron chi connectivity index (χ2n) is 5.27. The van der Waals surface area contributed by atoms with Crippen LogP contribution in [0.5, 0.6) is 0 Å². The zero-order valence-corrected chi connectivity index (χ0v) is 11.8. The van der Waals surface area contributed by atoms with Gasteiger partial charge in [0.05, 0.1) is 0 Å². The summed E-state index contributed by atoms with van der Waals surface area (Å²) >= 11 is 0. The van der Waals surface area contributed by atoms with Crippen molar-refractivity contribution in [3.05, 3.63) is 65.2 Å². The summed E-state index contributed by atoms with van der Waals surface area (Å²) in [7, 11) is 4.10. The molecule has 2 aromatic rings. The molecule has 0 unspecified atom stereocenters. The molecule has 0 radical (unpaired) electrons. The van der Waals surface area contributed by atoms with E-state index in [9.17, 15) is 0 Å². The Morgan fingerprint density at radius 3 is 2.40 bits per heavy atom. The van der Waals surface area contributed by atoms with E-state index >= 15 is 0 Å². The minimum absolute atomic E-state index is 0.810. The number of anilines is 2. The lowest BCUT2D eigenvalue weighted by molar-refractivity contribution is 1.13. The van der Waals surface area contributed by atoms with Crippen molar-refractivity contribution in [2.75, 3.05) is 24.7 Å². The summed E-state index contributed by atoms with van der Waals surface area (Å²) in [5, 5.41) is 0. The minimum Gasteiger partial charge on any atom is -0.399 e. The first kappa shape index (κ1) is 12.5. The fraction of sp³-hybridized carbons (Fsp3) is 0.111. The van der Waals surface area contributed by atoms with Gasteiger partial charge in [-0.15, -0.1) is 0 Å². The normalized spacial score (nSPS) is 14.6. The Kier molecular flexibility index (Phi) is 3.07. The maximum absolute atomic E-state index is 5.82. The summed E-state index contributed by atoms with van der Waals surface area (Å²) < 4.78 is 0. The molecule has 1 aliphatic rings. The molecule has 0 aromatic heterocycles. The summed E-state index contributed by atoms with van der Waals surface area (Å²) in [6.07, 6.45) is 6.47. The highest BCUT2D eigenvalue weighted by molar-refractivity contribution is 5.98. The predicted molar refractivity (Wildman–Crippen MR) is 88.5 cm³/mol. The molecule has 0 amide bonds. The number of benzene rings is 2. The van der Waals surface area contributed by atoms with Gasteiger partial charge in [-0.1, -0.05) is 30.4 Å². The summed E-state index contributed by atoms with van der Waals surface area (Å²) in [4.78, 5) is 2.10. The number of rotatable bonds is 2. The second kappa shape index (κ2) is 4.89. The van der Waals surface area contributed by atoms with Crippen molar-refractivity contribution in [1.82, 2.24) is 0 Å². The molecule has 0 heterocycles. The van der Waals surface area contributed by atoms with Crippen LogP contribution in [-0.2, 0) is 0 Å². The van der Waals surface area contributed by atoms with Crippen LogP contribution in [0.25, 0.3) is 17.7 Å². The smallest absolute Gasteiger partial charge is 0.0361 e. The van der Waals surface area contributed by atoms with Gasteiger partial charge in [0.2, 0.25) is 0 Å². The number of hydrogen-bond acceptors (Lipinski definition) is 2. The van der Waals surface area contributed by atoms with Gasteiger partial charge < -0.3 is 10.6 Å². The van der Waals surface area contributed by atoms with Crippen LogP contribution in [0, 0.1) is 0 Å². The van der Waals surface area contributed by atoms with Crippen molar-refractivity contribution >= 4 is 29.1 Å². The van der Waals surface area contributed by atoms with Crippen molar-refractivity contribution in [2.24, 2.45) is 0 Å². The lowest BCUT2D eigenvalue weighted by Gasteiger charge is -2.12. The van der Waals surface area contributed by atoms with Gasteiger partial charge in [0.15, 0.2) is 0 Å². The molecule has 0 bridgehead atoms. The third kappa shape index (κ3) is 2.32. The van der Waals surface area contributed by atoms with Crippen LogP contribution in [0.2, 0.25) is 0 Å². The van der Waals surface area contributed by atoms with Gasteiger partial charge in [0, 0.05) is 25.5 Å². The van der Waals surface area contributed by atoms with Gasteiger partial charge in [-0.3, -0.25) is 0 Å². The average Bonchev–Trinajstić information content (AvgIpc) is 2.81. The Labute approximate surface area is 119 Å². The number of nitrogens with two attached hydrogens (primary N) is 1. The highest BCUT2D eigenvalue weighted by Crippen LogP contribution is 2.32. The summed E-state index contributed by atoms with van der Waals surface area (Å²) in [6, 6.07) is 14.6. The summed E-state index contributed by atoms with van der Waals surface area (Å²) in [6.45, 7) is 0. The molecule has 20 heavy (non-hydrogen) atoms. The monoisotopic (exact) mass is 262 g/mol. The first-order chi connectivity index (χ1) is 9.63. The summed E-state index contributed by atoms with van der Waals surface area (Å²) in [5.74, 6) is 0. The molecule has 0 atom stereocenters. The van der Waals surface area contributed by atoms with E-state index in [-0.39, 0.29) is 0 Å². The van der Waals surface area contributed by atoms with E-state index in [0.29, 0.717) is 0 Å². The predicted octanol–water partition coefficient (Wildman–Crippen LogP) is 3.90. The van der Waals surface area contributed by atoms with Crippen molar-refractivity contribution in [1.29, 1.82) is 0 Å². The molecule has 0 fully saturated rings. The van der Waals surface area contributed by atoms with Gasteiger partial charge in [0.25, 0.3) is 0 Å². The number of fused-ring (bicyclic) bond motifs is 1. The molecule has 0 spiro atoms. The van der Waals surface area contributed by atoms with Crippen molar-refractivity contribution in [3.8, 4) is 0 Å². The first-order valence-corrected chi connectivity index (χ1v) is 6.70. The highest BCUT2D eigenvalue weighted by Gasteiger charge is 2.10. The van der Waals surface area contributed by atoms with E-state index in [1.54, 1.807) is 0 Å². The number of nitrogen functional groups attached to an aromatic ring is 1. The van der Waals surface area contributed by atoms with Crippen LogP contribution in [0.1, 0.15) is 16.7 Å². The van der Waals surface area contributed by atoms with Crippen LogP contribution in [-0.4, -0.2) is 14.1 Å². The lowest BCUT2D eigenvalue weighted by atomic mass is 10.0. The van der Waals surface area contributed by atoms with Crippen LogP contribution in [0.3, 0.4) is 0 Å². The molecule has 0 saturated heterocycles. The summed E-state index contributed by atoms with van der Waals surface area (Å²) in [5.41, 5.74) is 12.7. The van der Waals surface area contributed by atoms with Gasteiger partial charge in [-0.25, -0.2) is 0 Å². The van der Waals surface area contributed by atoms with E-state index in [2.05, 4.69) is 53.5 Å². The molecule has 0 aliphatic heterocycles. The van der Waals surface area contributed by atoms with Crippen LogP contribution in [0.4, 0.5) is 11.4 Å². The number of hydrogen-bond donors (Lipinski definition) is 1. The largest absolute Gasteiger partial charge is 0.399 e. The molecule has 2 nitrogen and oxygen atoms in total. The van der Waals surface area contributed by atoms with Crippen LogP contribution >= 0.6 is 0 Å². The fourth-order valence-electron chi connectivity index (χ4n) is 2.43. The van der Waals surface area contributed by atoms with Crippen LogP contribution in [0.15, 0.2) is 48.5 Å². The maximum Gasteiger partial charge on any atom is 0.0361 e. The zero-order chi connectivity index (χ0) is 14.1. The van der Waals surface area contributed by atoms with E-state index in [1.165, 1.54) is 28.0 Å². The van der Waals surface area contributed by atoms with Crippen molar-refractivity contribution in [2.45, 2.75) is 0 Å². The molecule has 100 valence electrons. The molecule has 3 rings (SSSR count). The lowest BCUT2D eigenvalue weighted by Crippen LogP contribution is -2.07. The molecule has 1 aliphatic carbocycles. The standard InChI is InChI=1S/C18H18N2/c1-20(2)17-8-3-13(4-9-17)11-14-5-6-15-12-16(19)7-10-18(14)15/h3-12H,19H2,1-2H3/b14-11-. The van der Waals surface area contributed by atoms with Crippen molar-refractivity contribution in [3.63, 3.8) is 0 Å². The Balaban J connectivity index is 1.93. The Bertz CT molecular complexity index is 692. The topological polar surface area (TPSA) is 29.3 Å². The average molecular weight is 262 g/mol. The number of nitrogens with zero attached hydrogens (tertiary/aromatic N) is 1. The van der Waals surface area contributed by atoms with Gasteiger partial charge >= 0.3 is 0 Å². The van der Waals surface area contributed by atoms with E-state index in [1.807, 2.05) is 26.2 Å². The second-order valence-corrected chi connectivity index (χ2v) is 5.27. The van der Waals surface area contributed by atoms with Gasteiger partial charge in [0.1, 0.15) is 0 Å². The molecular weight excluding hydrogens is 244 g/mol. The molecule has 2 N–H and O–H groups in total. The molecule has 2 aromatic carbocycles.